The van der Waals surface area contributed by atoms with Crippen molar-refractivity contribution >= 4 is 23.2 Å². The van der Waals surface area contributed by atoms with Crippen LogP contribution in [0.25, 0.3) is 0 Å². The lowest BCUT2D eigenvalue weighted by Gasteiger charge is -2.23. The van der Waals surface area contributed by atoms with E-state index in [2.05, 4.69) is 18.3 Å². The summed E-state index contributed by atoms with van der Waals surface area (Å²) in [7, 11) is 0. The van der Waals surface area contributed by atoms with Crippen molar-refractivity contribution in [2.75, 3.05) is 19.8 Å². The van der Waals surface area contributed by atoms with Crippen LogP contribution in [-0.4, -0.2) is 25.8 Å². The molecule has 3 rings (SSSR count). The van der Waals surface area contributed by atoms with Gasteiger partial charge in [0.2, 0.25) is 0 Å². The van der Waals surface area contributed by atoms with E-state index in [0.717, 1.165) is 19.8 Å². The zero-order valence-corrected chi connectivity index (χ0v) is 12.8. The highest BCUT2D eigenvalue weighted by Crippen LogP contribution is 2.65. The summed E-state index contributed by atoms with van der Waals surface area (Å²) in [6.45, 7) is 7.00. The third-order valence-electron chi connectivity index (χ3n) is 4.89. The topological polar surface area (TPSA) is 21.3 Å². The van der Waals surface area contributed by atoms with Crippen molar-refractivity contribution in [3.63, 3.8) is 0 Å². The highest BCUT2D eigenvalue weighted by Gasteiger charge is 2.70. The van der Waals surface area contributed by atoms with Crippen LogP contribution in [0.4, 0.5) is 0 Å². The van der Waals surface area contributed by atoms with Gasteiger partial charge >= 0.3 is 0 Å². The maximum atomic E-state index is 6.19. The molecule has 2 unspecified atom stereocenters. The summed E-state index contributed by atoms with van der Waals surface area (Å²) in [6.07, 6.45) is 0. The van der Waals surface area contributed by atoms with E-state index in [1.165, 1.54) is 5.56 Å². The van der Waals surface area contributed by atoms with Gasteiger partial charge in [-0.25, -0.2) is 0 Å². The molecule has 0 bridgehead atoms. The Morgan fingerprint density at radius 3 is 2.84 bits per heavy atom. The van der Waals surface area contributed by atoms with E-state index in [9.17, 15) is 0 Å². The number of ether oxygens (including phenoxy) is 1. The molecule has 1 aliphatic heterocycles. The zero-order valence-electron chi connectivity index (χ0n) is 11.2. The first-order valence-electron chi connectivity index (χ1n) is 6.89. The van der Waals surface area contributed by atoms with Gasteiger partial charge in [0.15, 0.2) is 0 Å². The number of halogens is 2. The molecule has 1 saturated carbocycles. The van der Waals surface area contributed by atoms with Gasteiger partial charge in [0, 0.05) is 18.1 Å². The van der Waals surface area contributed by atoms with E-state index in [1.807, 2.05) is 19.1 Å². The van der Waals surface area contributed by atoms with Gasteiger partial charge in [-0.3, -0.25) is 0 Å². The summed E-state index contributed by atoms with van der Waals surface area (Å²) < 4.78 is 5.66. The maximum Gasteiger partial charge on any atom is 0.0595 e. The van der Waals surface area contributed by atoms with Crippen LogP contribution in [0.3, 0.4) is 0 Å². The molecule has 0 aromatic heterocycles. The fourth-order valence-electron chi connectivity index (χ4n) is 3.93. The molecule has 19 heavy (non-hydrogen) atoms. The summed E-state index contributed by atoms with van der Waals surface area (Å²) in [5.41, 5.74) is 1.48. The van der Waals surface area contributed by atoms with Gasteiger partial charge in [-0.2, -0.15) is 0 Å². The smallest absolute Gasteiger partial charge is 0.0595 e. The molecule has 1 N–H and O–H groups in total. The predicted molar refractivity (Wildman–Crippen MR) is 79.1 cm³/mol. The molecule has 2 fully saturated rings. The first-order chi connectivity index (χ1) is 9.12. The van der Waals surface area contributed by atoms with E-state index < -0.39 is 0 Å². The quantitative estimate of drug-likeness (QED) is 0.919. The molecule has 0 radical (unpaired) electrons. The van der Waals surface area contributed by atoms with Crippen molar-refractivity contribution in [3.05, 3.63) is 33.8 Å². The Kier molecular flexibility index (Phi) is 3.55. The van der Waals surface area contributed by atoms with Gasteiger partial charge in [0.25, 0.3) is 0 Å². The van der Waals surface area contributed by atoms with Crippen molar-refractivity contribution in [2.24, 2.45) is 11.8 Å². The average molecular weight is 300 g/mol. The SMILES string of the molecule is CCOCC1[C@H]2CN[C@@H](C)C12c1ccc(Cl)c(Cl)c1. The number of piperidine rings is 1. The molecule has 1 aliphatic carbocycles. The molecule has 4 heteroatoms. The lowest BCUT2D eigenvalue weighted by molar-refractivity contribution is 0.124. The molecule has 1 saturated heterocycles. The van der Waals surface area contributed by atoms with Crippen LogP contribution in [0.15, 0.2) is 18.2 Å². The second-order valence-corrected chi connectivity index (χ2v) is 6.38. The van der Waals surface area contributed by atoms with Crippen LogP contribution in [0.1, 0.15) is 19.4 Å². The lowest BCUT2D eigenvalue weighted by atomic mass is 9.87. The first kappa shape index (κ1) is 13.7. The number of nitrogens with one attached hydrogen (secondary N) is 1. The van der Waals surface area contributed by atoms with Crippen LogP contribution in [-0.2, 0) is 10.2 Å². The fraction of sp³-hybridized carbons (Fsp3) is 0.600. The molecule has 2 aliphatic rings. The molecule has 2 nitrogen and oxygen atoms in total. The van der Waals surface area contributed by atoms with Crippen LogP contribution in [0.5, 0.6) is 0 Å². The van der Waals surface area contributed by atoms with Crippen molar-refractivity contribution in [1.82, 2.24) is 5.32 Å². The van der Waals surface area contributed by atoms with E-state index in [-0.39, 0.29) is 5.41 Å². The Morgan fingerprint density at radius 2 is 2.16 bits per heavy atom. The highest BCUT2D eigenvalue weighted by molar-refractivity contribution is 6.42. The summed E-state index contributed by atoms with van der Waals surface area (Å²) in [5.74, 6) is 1.26. The van der Waals surface area contributed by atoms with Crippen LogP contribution in [0, 0.1) is 11.8 Å². The highest BCUT2D eigenvalue weighted by atomic mass is 35.5. The minimum absolute atomic E-state index is 0.184. The molecule has 4 atom stereocenters. The van der Waals surface area contributed by atoms with Crippen LogP contribution >= 0.6 is 23.2 Å². The van der Waals surface area contributed by atoms with Crippen molar-refractivity contribution < 1.29 is 4.74 Å². The Morgan fingerprint density at radius 1 is 1.37 bits per heavy atom. The Bertz CT molecular complexity index is 493. The third kappa shape index (κ3) is 1.92. The minimum atomic E-state index is 0.184. The predicted octanol–water partition coefficient (Wildman–Crippen LogP) is 3.51. The number of rotatable bonds is 4. The molecule has 1 aromatic rings. The number of hydrogen-bond donors (Lipinski definition) is 1. The normalized spacial score (nSPS) is 36.3. The number of benzene rings is 1. The average Bonchev–Trinajstić information content (AvgIpc) is 2.92. The molecule has 0 amide bonds. The molecular formula is C15H19Cl2NO. The summed E-state index contributed by atoms with van der Waals surface area (Å²) in [4.78, 5) is 0. The lowest BCUT2D eigenvalue weighted by Crippen LogP contribution is -2.35. The number of fused-ring (bicyclic) bond motifs is 1. The largest absolute Gasteiger partial charge is 0.381 e. The van der Waals surface area contributed by atoms with E-state index >= 15 is 0 Å². The van der Waals surface area contributed by atoms with E-state index in [0.29, 0.717) is 27.9 Å². The van der Waals surface area contributed by atoms with E-state index in [4.69, 9.17) is 27.9 Å². The third-order valence-corrected chi connectivity index (χ3v) is 5.62. The van der Waals surface area contributed by atoms with Gasteiger partial charge in [0.1, 0.15) is 0 Å². The van der Waals surface area contributed by atoms with Gasteiger partial charge < -0.3 is 10.1 Å². The molecule has 1 aromatic carbocycles. The molecule has 0 spiro atoms. The first-order valence-corrected chi connectivity index (χ1v) is 7.64. The Labute approximate surface area is 124 Å². The van der Waals surface area contributed by atoms with Crippen molar-refractivity contribution in [1.29, 1.82) is 0 Å². The zero-order chi connectivity index (χ0) is 13.6. The Hall–Kier alpha value is -0.280. The standard InChI is InChI=1S/C15H19Cl2NO/c1-3-19-8-12-11-7-18-9(2)15(11,12)10-4-5-13(16)14(17)6-10/h4-6,9,11-12,18H,3,7-8H2,1-2H3/t9-,11+,12?,15?/m0/s1. The van der Waals surface area contributed by atoms with Crippen molar-refractivity contribution in [3.8, 4) is 0 Å². The molecular weight excluding hydrogens is 281 g/mol. The minimum Gasteiger partial charge on any atom is -0.381 e. The number of hydrogen-bond acceptors (Lipinski definition) is 2. The second-order valence-electron chi connectivity index (χ2n) is 5.56. The monoisotopic (exact) mass is 299 g/mol. The van der Waals surface area contributed by atoms with Gasteiger partial charge in [-0.1, -0.05) is 29.3 Å². The van der Waals surface area contributed by atoms with Gasteiger partial charge in [-0.15, -0.1) is 0 Å². The Balaban J connectivity index is 1.93. The summed E-state index contributed by atoms with van der Waals surface area (Å²) in [6, 6.07) is 6.52. The van der Waals surface area contributed by atoms with E-state index in [1.54, 1.807) is 0 Å². The second kappa shape index (κ2) is 4.92. The van der Waals surface area contributed by atoms with Crippen molar-refractivity contribution in [2.45, 2.75) is 25.3 Å². The van der Waals surface area contributed by atoms with Gasteiger partial charge in [-0.05, 0) is 49.9 Å². The fourth-order valence-corrected chi connectivity index (χ4v) is 4.23. The van der Waals surface area contributed by atoms with Gasteiger partial charge in [0.05, 0.1) is 16.7 Å². The maximum absolute atomic E-state index is 6.19. The summed E-state index contributed by atoms with van der Waals surface area (Å²) in [5, 5.41) is 4.84. The van der Waals surface area contributed by atoms with Crippen LogP contribution in [0.2, 0.25) is 10.0 Å². The summed E-state index contributed by atoms with van der Waals surface area (Å²) >= 11 is 12.2. The molecule has 1 heterocycles. The molecule has 104 valence electrons. The van der Waals surface area contributed by atoms with Crippen LogP contribution < -0.4 is 5.32 Å².